The predicted molar refractivity (Wildman–Crippen MR) is 78.4 cm³/mol. The molecule has 2 rings (SSSR count). The van der Waals surface area contributed by atoms with Crippen LogP contribution in [0.2, 0.25) is 0 Å². The Morgan fingerprint density at radius 1 is 1.52 bits per heavy atom. The van der Waals surface area contributed by atoms with Crippen molar-refractivity contribution >= 4 is 11.5 Å². The number of carbonyl (C=O) groups excluding carboxylic acids is 1. The second-order valence-corrected chi connectivity index (χ2v) is 5.44. The summed E-state index contributed by atoms with van der Waals surface area (Å²) in [6.45, 7) is 3.16. The first kappa shape index (κ1) is 15.4. The highest BCUT2D eigenvalue weighted by molar-refractivity contribution is 5.76. The van der Waals surface area contributed by atoms with Crippen LogP contribution in [0.15, 0.2) is 18.2 Å². The Hall–Kier alpha value is -1.95. The molecule has 21 heavy (non-hydrogen) atoms. The van der Waals surface area contributed by atoms with Crippen LogP contribution in [0, 0.1) is 10.1 Å². The summed E-state index contributed by atoms with van der Waals surface area (Å²) in [4.78, 5) is 24.1. The topological polar surface area (TPSA) is 72.7 Å². The summed E-state index contributed by atoms with van der Waals surface area (Å²) in [5, 5.41) is 11.0. The molecule has 0 bridgehead atoms. The van der Waals surface area contributed by atoms with E-state index >= 15 is 0 Å². The van der Waals surface area contributed by atoms with Crippen molar-refractivity contribution in [3.05, 3.63) is 33.9 Å². The second kappa shape index (κ2) is 6.67. The third-order valence-corrected chi connectivity index (χ3v) is 3.85. The van der Waals surface area contributed by atoms with E-state index in [1.165, 1.54) is 7.11 Å². The van der Waals surface area contributed by atoms with Crippen LogP contribution >= 0.6 is 0 Å². The molecule has 0 amide bonds. The van der Waals surface area contributed by atoms with Crippen LogP contribution in [0.25, 0.3) is 0 Å². The molecule has 1 aliphatic rings. The lowest BCUT2D eigenvalue weighted by Gasteiger charge is -2.23. The van der Waals surface area contributed by atoms with Gasteiger partial charge < -0.3 is 4.74 Å². The van der Waals surface area contributed by atoms with E-state index in [2.05, 4.69) is 4.90 Å². The minimum Gasteiger partial charge on any atom is -0.490 e. The van der Waals surface area contributed by atoms with Gasteiger partial charge in [-0.1, -0.05) is 6.07 Å². The van der Waals surface area contributed by atoms with Crippen LogP contribution in [0.3, 0.4) is 0 Å². The molecule has 1 aliphatic heterocycles. The third kappa shape index (κ3) is 3.78. The average molecular weight is 292 g/mol. The van der Waals surface area contributed by atoms with Crippen molar-refractivity contribution in [1.29, 1.82) is 0 Å². The summed E-state index contributed by atoms with van der Waals surface area (Å²) in [7, 11) is 1.42. The molecular weight excluding hydrogens is 272 g/mol. The molecule has 6 heteroatoms. The highest BCUT2D eigenvalue weighted by Gasteiger charge is 2.26. The minimum absolute atomic E-state index is 0.0164. The van der Waals surface area contributed by atoms with E-state index in [-0.39, 0.29) is 23.3 Å². The van der Waals surface area contributed by atoms with Crippen molar-refractivity contribution < 1.29 is 14.5 Å². The molecule has 0 aliphatic carbocycles. The van der Waals surface area contributed by atoms with Gasteiger partial charge in [0.2, 0.25) is 0 Å². The van der Waals surface area contributed by atoms with Gasteiger partial charge in [0.1, 0.15) is 5.78 Å². The predicted octanol–water partition coefficient (Wildman–Crippen LogP) is 2.55. The smallest absolute Gasteiger partial charge is 0.311 e. The number of nitro groups is 1. The van der Waals surface area contributed by atoms with E-state index in [4.69, 9.17) is 4.74 Å². The summed E-state index contributed by atoms with van der Waals surface area (Å²) < 4.78 is 5.01. The van der Waals surface area contributed by atoms with Gasteiger partial charge in [-0.15, -0.1) is 0 Å². The zero-order valence-corrected chi connectivity index (χ0v) is 12.4. The van der Waals surface area contributed by atoms with Crippen LogP contribution in [0.1, 0.15) is 31.7 Å². The largest absolute Gasteiger partial charge is 0.490 e. The summed E-state index contributed by atoms with van der Waals surface area (Å²) in [5.74, 6) is 0.457. The maximum absolute atomic E-state index is 11.3. The summed E-state index contributed by atoms with van der Waals surface area (Å²) in [6.07, 6.45) is 2.63. The number of ether oxygens (including phenoxy) is 1. The van der Waals surface area contributed by atoms with Crippen molar-refractivity contribution in [3.8, 4) is 5.75 Å². The van der Waals surface area contributed by atoms with Gasteiger partial charge in [0.25, 0.3) is 0 Å². The van der Waals surface area contributed by atoms with Crippen LogP contribution in [0.5, 0.6) is 5.75 Å². The van der Waals surface area contributed by atoms with E-state index in [1.807, 2.05) is 6.07 Å². The maximum Gasteiger partial charge on any atom is 0.311 e. The number of hydrogen-bond acceptors (Lipinski definition) is 5. The Labute approximate surface area is 123 Å². The van der Waals surface area contributed by atoms with E-state index in [9.17, 15) is 14.9 Å². The van der Waals surface area contributed by atoms with Gasteiger partial charge in [-0.3, -0.25) is 19.8 Å². The van der Waals surface area contributed by atoms with Crippen molar-refractivity contribution in [2.75, 3.05) is 13.7 Å². The lowest BCUT2D eigenvalue weighted by molar-refractivity contribution is -0.385. The Morgan fingerprint density at radius 3 is 2.90 bits per heavy atom. The van der Waals surface area contributed by atoms with Crippen molar-refractivity contribution in [2.45, 2.75) is 38.8 Å². The van der Waals surface area contributed by atoms with Crippen molar-refractivity contribution in [1.82, 2.24) is 4.90 Å². The van der Waals surface area contributed by atoms with Crippen molar-refractivity contribution in [2.24, 2.45) is 0 Å². The quantitative estimate of drug-likeness (QED) is 0.595. The molecule has 0 N–H and O–H groups in total. The molecule has 1 unspecified atom stereocenters. The van der Waals surface area contributed by atoms with Crippen LogP contribution in [0.4, 0.5) is 5.69 Å². The van der Waals surface area contributed by atoms with Crippen molar-refractivity contribution in [3.63, 3.8) is 0 Å². The van der Waals surface area contributed by atoms with Gasteiger partial charge in [0.15, 0.2) is 5.75 Å². The number of Topliss-reactive ketones (excluding diaryl/α,β-unsaturated/α-hetero) is 1. The third-order valence-electron chi connectivity index (χ3n) is 3.85. The van der Waals surface area contributed by atoms with E-state index in [0.29, 0.717) is 13.0 Å². The number of rotatable bonds is 6. The Kier molecular flexibility index (Phi) is 4.90. The molecular formula is C15H20N2O4. The first-order valence-electron chi connectivity index (χ1n) is 7.06. The summed E-state index contributed by atoms with van der Waals surface area (Å²) in [6, 6.07) is 5.28. The molecule has 1 aromatic rings. The molecule has 114 valence electrons. The van der Waals surface area contributed by atoms with E-state index in [1.54, 1.807) is 19.1 Å². The zero-order chi connectivity index (χ0) is 15.4. The fourth-order valence-electron chi connectivity index (χ4n) is 2.88. The van der Waals surface area contributed by atoms with Gasteiger partial charge in [-0.05, 0) is 37.9 Å². The molecule has 0 spiro atoms. The molecule has 0 radical (unpaired) electrons. The highest BCUT2D eigenvalue weighted by Crippen LogP contribution is 2.29. The number of hydrogen-bond donors (Lipinski definition) is 0. The molecule has 1 aromatic carbocycles. The number of likely N-dealkylation sites (tertiary alicyclic amines) is 1. The lowest BCUT2D eigenvalue weighted by atomic mass is 10.1. The molecule has 6 nitrogen and oxygen atoms in total. The first-order valence-corrected chi connectivity index (χ1v) is 7.06. The van der Waals surface area contributed by atoms with Crippen LogP contribution < -0.4 is 4.74 Å². The standard InChI is InChI=1S/C15H20N2O4/c1-11(18)8-13-4-3-7-16(13)10-12-5-6-15(21-2)14(9-12)17(19)20/h5-6,9,13H,3-4,7-8,10H2,1-2H3. The van der Waals surface area contributed by atoms with E-state index in [0.717, 1.165) is 24.9 Å². The Balaban J connectivity index is 2.13. The fraction of sp³-hybridized carbons (Fsp3) is 0.533. The summed E-state index contributed by atoms with van der Waals surface area (Å²) >= 11 is 0. The van der Waals surface area contributed by atoms with Crippen LogP contribution in [-0.2, 0) is 11.3 Å². The SMILES string of the molecule is COc1ccc(CN2CCCC2CC(C)=O)cc1[N+](=O)[O-]. The second-order valence-electron chi connectivity index (χ2n) is 5.44. The number of benzene rings is 1. The lowest BCUT2D eigenvalue weighted by Crippen LogP contribution is -2.30. The number of carbonyl (C=O) groups is 1. The molecule has 1 atom stereocenters. The maximum atomic E-state index is 11.3. The van der Waals surface area contributed by atoms with Gasteiger partial charge >= 0.3 is 5.69 Å². The zero-order valence-electron chi connectivity index (χ0n) is 12.4. The Morgan fingerprint density at radius 2 is 2.29 bits per heavy atom. The number of ketones is 1. The number of methoxy groups -OCH3 is 1. The average Bonchev–Trinajstić information content (AvgIpc) is 2.85. The minimum atomic E-state index is -0.431. The van der Waals surface area contributed by atoms with Gasteiger partial charge in [-0.25, -0.2) is 0 Å². The molecule has 0 aromatic heterocycles. The van der Waals surface area contributed by atoms with E-state index < -0.39 is 4.92 Å². The Bertz CT molecular complexity index is 544. The van der Waals surface area contributed by atoms with Gasteiger partial charge in [0.05, 0.1) is 12.0 Å². The molecule has 1 heterocycles. The molecule has 0 saturated carbocycles. The molecule has 1 saturated heterocycles. The van der Waals surface area contributed by atoms with Crippen LogP contribution in [-0.4, -0.2) is 35.3 Å². The number of nitrogens with zero attached hydrogens (tertiary/aromatic N) is 2. The first-order chi connectivity index (χ1) is 10.0. The highest BCUT2D eigenvalue weighted by atomic mass is 16.6. The summed E-state index contributed by atoms with van der Waals surface area (Å²) in [5.41, 5.74) is 0.857. The fourth-order valence-corrected chi connectivity index (χ4v) is 2.88. The van der Waals surface area contributed by atoms with Gasteiger partial charge in [0, 0.05) is 25.1 Å². The molecule has 1 fully saturated rings. The number of nitro benzene ring substituents is 1. The normalized spacial score (nSPS) is 18.7. The van der Waals surface area contributed by atoms with Gasteiger partial charge in [-0.2, -0.15) is 0 Å². The monoisotopic (exact) mass is 292 g/mol.